The molecule has 0 aromatic rings. The summed E-state index contributed by atoms with van der Waals surface area (Å²) in [4.78, 5) is 12.0. The number of rotatable bonds is 4. The van der Waals surface area contributed by atoms with E-state index in [1.165, 1.54) is 0 Å². The zero-order valence-corrected chi connectivity index (χ0v) is 10.4. The van der Waals surface area contributed by atoms with Crippen LogP contribution in [0.25, 0.3) is 0 Å². The molecular formula is C10H20N2OS. The van der Waals surface area contributed by atoms with Gasteiger partial charge in [-0.2, -0.15) is 0 Å². The maximum Gasteiger partial charge on any atom is 0.232 e. The Bertz CT molecular complexity index is 236. The Morgan fingerprint density at radius 2 is 1.79 bits per heavy atom. The van der Waals surface area contributed by atoms with Crippen molar-refractivity contribution >= 4 is 23.1 Å². The monoisotopic (exact) mass is 216 g/mol. The van der Waals surface area contributed by atoms with E-state index in [-0.39, 0.29) is 16.9 Å². The SMILES string of the molecule is CC(C)C(C)NC(=O)C(C)(C)C(N)=S. The van der Waals surface area contributed by atoms with Gasteiger partial charge in [0.1, 0.15) is 0 Å². The van der Waals surface area contributed by atoms with Crippen molar-refractivity contribution in [1.82, 2.24) is 5.32 Å². The highest BCUT2D eigenvalue weighted by Crippen LogP contribution is 2.16. The Labute approximate surface area is 91.4 Å². The van der Waals surface area contributed by atoms with Crippen molar-refractivity contribution in [2.45, 2.75) is 40.7 Å². The van der Waals surface area contributed by atoms with Crippen LogP contribution in [0.5, 0.6) is 0 Å². The lowest BCUT2D eigenvalue weighted by Crippen LogP contribution is -2.48. The minimum Gasteiger partial charge on any atom is -0.392 e. The molecule has 0 saturated heterocycles. The quantitative estimate of drug-likeness (QED) is 0.700. The molecule has 4 heteroatoms. The highest BCUT2D eigenvalue weighted by atomic mass is 32.1. The van der Waals surface area contributed by atoms with Crippen molar-refractivity contribution < 1.29 is 4.79 Å². The lowest BCUT2D eigenvalue weighted by Gasteiger charge is -2.26. The molecule has 1 unspecified atom stereocenters. The molecule has 0 spiro atoms. The lowest BCUT2D eigenvalue weighted by atomic mass is 9.91. The molecule has 0 aromatic carbocycles. The van der Waals surface area contributed by atoms with E-state index < -0.39 is 5.41 Å². The van der Waals surface area contributed by atoms with E-state index >= 15 is 0 Å². The van der Waals surface area contributed by atoms with Crippen LogP contribution in [0.3, 0.4) is 0 Å². The summed E-state index contributed by atoms with van der Waals surface area (Å²) in [6, 6.07) is 0.135. The third-order valence-electron chi connectivity index (χ3n) is 2.54. The number of carbonyl (C=O) groups excluding carboxylic acids is 1. The second kappa shape index (κ2) is 4.73. The largest absolute Gasteiger partial charge is 0.392 e. The summed E-state index contributed by atoms with van der Waals surface area (Å²) in [6.45, 7) is 9.55. The molecule has 0 aliphatic heterocycles. The van der Waals surface area contributed by atoms with Gasteiger partial charge in [-0.3, -0.25) is 4.79 Å². The Morgan fingerprint density at radius 3 is 2.07 bits per heavy atom. The van der Waals surface area contributed by atoms with Crippen LogP contribution in [0, 0.1) is 11.3 Å². The van der Waals surface area contributed by atoms with Crippen molar-refractivity contribution in [3.05, 3.63) is 0 Å². The van der Waals surface area contributed by atoms with Crippen LogP contribution in [-0.2, 0) is 4.79 Å². The van der Waals surface area contributed by atoms with E-state index in [1.54, 1.807) is 13.8 Å². The summed E-state index contributed by atoms with van der Waals surface area (Å²) in [5.41, 5.74) is 4.73. The first-order chi connectivity index (χ1) is 6.19. The van der Waals surface area contributed by atoms with Gasteiger partial charge in [-0.05, 0) is 26.7 Å². The fourth-order valence-corrected chi connectivity index (χ4v) is 0.758. The van der Waals surface area contributed by atoms with E-state index in [0.717, 1.165) is 0 Å². The van der Waals surface area contributed by atoms with Gasteiger partial charge >= 0.3 is 0 Å². The van der Waals surface area contributed by atoms with E-state index in [2.05, 4.69) is 19.2 Å². The molecule has 3 N–H and O–H groups in total. The summed E-state index contributed by atoms with van der Waals surface area (Å²) >= 11 is 4.84. The normalized spacial score (nSPS) is 13.9. The number of hydrogen-bond donors (Lipinski definition) is 2. The summed E-state index contributed by atoms with van der Waals surface area (Å²) in [5, 5.41) is 2.89. The molecule has 0 rings (SSSR count). The number of hydrogen-bond acceptors (Lipinski definition) is 2. The zero-order valence-electron chi connectivity index (χ0n) is 9.55. The highest BCUT2D eigenvalue weighted by Gasteiger charge is 2.31. The topological polar surface area (TPSA) is 55.1 Å². The third-order valence-corrected chi connectivity index (χ3v) is 3.05. The molecule has 3 nitrogen and oxygen atoms in total. The van der Waals surface area contributed by atoms with Crippen LogP contribution in [-0.4, -0.2) is 16.9 Å². The van der Waals surface area contributed by atoms with Crippen LogP contribution < -0.4 is 11.1 Å². The van der Waals surface area contributed by atoms with Crippen LogP contribution in [0.2, 0.25) is 0 Å². The van der Waals surface area contributed by atoms with Crippen molar-refractivity contribution in [1.29, 1.82) is 0 Å². The lowest BCUT2D eigenvalue weighted by molar-refractivity contribution is -0.127. The van der Waals surface area contributed by atoms with Crippen LogP contribution in [0.15, 0.2) is 0 Å². The van der Waals surface area contributed by atoms with Crippen molar-refractivity contribution in [3.8, 4) is 0 Å². The standard InChI is InChI=1S/C10H20N2OS/c1-6(2)7(3)12-9(13)10(4,5)8(11)14/h6-7H,1-5H3,(H2,11,14)(H,12,13). The van der Waals surface area contributed by atoms with Gasteiger partial charge in [-0.1, -0.05) is 26.1 Å². The van der Waals surface area contributed by atoms with Crippen molar-refractivity contribution in [2.75, 3.05) is 0 Å². The predicted octanol–water partition coefficient (Wildman–Crippen LogP) is 1.46. The zero-order chi connectivity index (χ0) is 11.5. The molecule has 1 atom stereocenters. The van der Waals surface area contributed by atoms with Gasteiger partial charge in [0.2, 0.25) is 5.91 Å². The van der Waals surface area contributed by atoms with Gasteiger partial charge in [0.15, 0.2) is 0 Å². The first-order valence-electron chi connectivity index (χ1n) is 4.80. The third kappa shape index (κ3) is 3.25. The summed E-state index contributed by atoms with van der Waals surface area (Å²) in [6.07, 6.45) is 0. The first-order valence-corrected chi connectivity index (χ1v) is 5.21. The van der Waals surface area contributed by atoms with Gasteiger partial charge in [-0.15, -0.1) is 0 Å². The van der Waals surface area contributed by atoms with Gasteiger partial charge in [-0.25, -0.2) is 0 Å². The number of carbonyl (C=O) groups is 1. The molecule has 0 aliphatic rings. The predicted molar refractivity (Wildman–Crippen MR) is 63.0 cm³/mol. The maximum atomic E-state index is 11.7. The molecule has 1 amide bonds. The summed E-state index contributed by atoms with van der Waals surface area (Å²) in [7, 11) is 0. The second-order valence-electron chi connectivity index (χ2n) is 4.50. The molecule has 0 heterocycles. The molecule has 0 aliphatic carbocycles. The molecule has 0 fully saturated rings. The Kier molecular flexibility index (Phi) is 4.52. The Balaban J connectivity index is 4.43. The number of amides is 1. The second-order valence-corrected chi connectivity index (χ2v) is 4.94. The summed E-state index contributed by atoms with van der Waals surface area (Å²) < 4.78 is 0. The fourth-order valence-electron chi connectivity index (χ4n) is 0.666. The molecule has 14 heavy (non-hydrogen) atoms. The molecule has 0 bridgehead atoms. The van der Waals surface area contributed by atoms with E-state index in [9.17, 15) is 4.79 Å². The summed E-state index contributed by atoms with van der Waals surface area (Å²) in [5.74, 6) is 0.298. The van der Waals surface area contributed by atoms with Gasteiger partial charge in [0, 0.05) is 6.04 Å². The molecule has 82 valence electrons. The minimum absolute atomic E-state index is 0.105. The maximum absolute atomic E-state index is 11.7. The Morgan fingerprint density at radius 1 is 1.36 bits per heavy atom. The van der Waals surface area contributed by atoms with E-state index in [4.69, 9.17) is 18.0 Å². The average molecular weight is 216 g/mol. The van der Waals surface area contributed by atoms with Crippen LogP contribution >= 0.6 is 12.2 Å². The Hall–Kier alpha value is -0.640. The first kappa shape index (κ1) is 13.4. The van der Waals surface area contributed by atoms with Crippen molar-refractivity contribution in [3.63, 3.8) is 0 Å². The van der Waals surface area contributed by atoms with Crippen LogP contribution in [0.4, 0.5) is 0 Å². The average Bonchev–Trinajstić information content (AvgIpc) is 2.03. The highest BCUT2D eigenvalue weighted by molar-refractivity contribution is 7.80. The molecular weight excluding hydrogens is 196 g/mol. The van der Waals surface area contributed by atoms with Crippen LogP contribution in [0.1, 0.15) is 34.6 Å². The molecule has 0 saturated carbocycles. The number of thiocarbonyl (C=S) groups is 1. The van der Waals surface area contributed by atoms with Crippen molar-refractivity contribution in [2.24, 2.45) is 17.1 Å². The smallest absolute Gasteiger partial charge is 0.232 e. The van der Waals surface area contributed by atoms with Gasteiger partial charge < -0.3 is 11.1 Å². The number of nitrogens with two attached hydrogens (primary N) is 1. The number of nitrogens with one attached hydrogen (secondary N) is 1. The fraction of sp³-hybridized carbons (Fsp3) is 0.800. The molecule has 0 aromatic heterocycles. The van der Waals surface area contributed by atoms with E-state index in [0.29, 0.717) is 5.92 Å². The minimum atomic E-state index is -0.765. The molecule has 0 radical (unpaired) electrons. The van der Waals surface area contributed by atoms with Gasteiger partial charge in [0.05, 0.1) is 10.4 Å². The van der Waals surface area contributed by atoms with E-state index in [1.807, 2.05) is 6.92 Å². The van der Waals surface area contributed by atoms with Gasteiger partial charge in [0.25, 0.3) is 0 Å².